The fourth-order valence-electron chi connectivity index (χ4n) is 2.46. The van der Waals surface area contributed by atoms with Gasteiger partial charge >= 0.3 is 0 Å². The summed E-state index contributed by atoms with van der Waals surface area (Å²) < 4.78 is 5.73. The number of nitrogens with zero attached hydrogens (tertiary/aromatic N) is 7. The third kappa shape index (κ3) is 1.90. The molecule has 0 saturated carbocycles. The minimum absolute atomic E-state index is 0.668. The highest BCUT2D eigenvalue weighted by atomic mass is 15.3. The van der Waals surface area contributed by atoms with Gasteiger partial charge in [0.25, 0.3) is 0 Å². The predicted molar refractivity (Wildman–Crippen MR) is 76.5 cm³/mol. The summed E-state index contributed by atoms with van der Waals surface area (Å²) in [5.74, 6) is 0.882. The van der Waals surface area contributed by atoms with Gasteiger partial charge in [-0.2, -0.15) is 10.2 Å². The molecule has 0 aliphatic carbocycles. The van der Waals surface area contributed by atoms with Crippen LogP contribution >= 0.6 is 0 Å². The number of fused-ring (bicyclic) bond motifs is 1. The van der Waals surface area contributed by atoms with Gasteiger partial charge in [-0.1, -0.05) is 6.07 Å². The molecule has 0 atom stereocenters. The summed E-state index contributed by atoms with van der Waals surface area (Å²) in [4.78, 5) is 8.65. The molecule has 4 aromatic heterocycles. The summed E-state index contributed by atoms with van der Waals surface area (Å²) in [6.45, 7) is 0.668. The molecule has 7 heteroatoms. The molecule has 104 valence electrons. The van der Waals surface area contributed by atoms with Crippen molar-refractivity contribution in [3.8, 4) is 11.5 Å². The van der Waals surface area contributed by atoms with Crippen LogP contribution in [0, 0.1) is 0 Å². The van der Waals surface area contributed by atoms with Crippen molar-refractivity contribution in [2.24, 2.45) is 7.05 Å². The lowest BCUT2D eigenvalue weighted by Crippen LogP contribution is -2.08. The molecule has 0 aliphatic rings. The second kappa shape index (κ2) is 4.55. The molecular weight excluding hydrogens is 266 g/mol. The maximum Gasteiger partial charge on any atom is 0.158 e. The van der Waals surface area contributed by atoms with E-state index in [4.69, 9.17) is 0 Å². The Labute approximate surface area is 120 Å². The first-order chi connectivity index (χ1) is 10.3. The van der Waals surface area contributed by atoms with E-state index in [0.717, 1.165) is 22.9 Å². The predicted octanol–water partition coefficient (Wildman–Crippen LogP) is 1.37. The summed E-state index contributed by atoms with van der Waals surface area (Å²) in [6.07, 6.45) is 7.09. The molecule has 0 bridgehead atoms. The molecule has 0 radical (unpaired) electrons. The summed E-state index contributed by atoms with van der Waals surface area (Å²) >= 11 is 0. The van der Waals surface area contributed by atoms with Crippen molar-refractivity contribution < 1.29 is 0 Å². The molecule has 0 unspecified atom stereocenters. The number of hydrogen-bond donors (Lipinski definition) is 0. The van der Waals surface area contributed by atoms with Crippen LogP contribution in [-0.4, -0.2) is 33.9 Å². The number of aryl methyl sites for hydroxylation is 1. The Morgan fingerprint density at radius 1 is 1.05 bits per heavy atom. The summed E-state index contributed by atoms with van der Waals surface area (Å²) in [7, 11) is 1.91. The van der Waals surface area contributed by atoms with Crippen LogP contribution in [0.4, 0.5) is 0 Å². The van der Waals surface area contributed by atoms with E-state index in [0.29, 0.717) is 6.54 Å². The average Bonchev–Trinajstić information content (AvgIpc) is 3.19. The van der Waals surface area contributed by atoms with Gasteiger partial charge in [0.15, 0.2) is 11.5 Å². The van der Waals surface area contributed by atoms with Crippen LogP contribution in [0.1, 0.15) is 5.69 Å². The quantitative estimate of drug-likeness (QED) is 0.568. The maximum absolute atomic E-state index is 4.44. The van der Waals surface area contributed by atoms with Crippen LogP contribution in [0.25, 0.3) is 17.2 Å². The van der Waals surface area contributed by atoms with E-state index in [9.17, 15) is 0 Å². The van der Waals surface area contributed by atoms with Gasteiger partial charge in [-0.25, -0.2) is 14.5 Å². The lowest BCUT2D eigenvalue weighted by molar-refractivity contribution is 0.720. The van der Waals surface area contributed by atoms with Crippen molar-refractivity contribution in [1.82, 2.24) is 33.9 Å². The topological polar surface area (TPSA) is 65.8 Å². The number of aromatic nitrogens is 7. The van der Waals surface area contributed by atoms with E-state index in [2.05, 4.69) is 24.7 Å². The van der Waals surface area contributed by atoms with Crippen LogP contribution < -0.4 is 0 Å². The number of rotatable bonds is 3. The molecule has 0 aliphatic heterocycles. The highest BCUT2D eigenvalue weighted by Crippen LogP contribution is 2.17. The molecule has 0 aromatic carbocycles. The molecule has 0 amide bonds. The zero-order valence-electron chi connectivity index (χ0n) is 11.5. The standard InChI is InChI=1S/C14H13N7/c1-19-12(5-6-17-19)14-15-7-8-20(14)9-11-3-2-4-13-16-10-18-21(11)13/h2-8,10H,9H2,1H3. The fourth-order valence-corrected chi connectivity index (χ4v) is 2.46. The number of pyridine rings is 1. The molecule has 4 heterocycles. The van der Waals surface area contributed by atoms with Gasteiger partial charge in [0.1, 0.15) is 12.0 Å². The third-order valence-corrected chi connectivity index (χ3v) is 3.48. The van der Waals surface area contributed by atoms with Crippen molar-refractivity contribution >= 4 is 5.65 Å². The van der Waals surface area contributed by atoms with E-state index in [1.54, 1.807) is 18.7 Å². The van der Waals surface area contributed by atoms with E-state index in [1.165, 1.54) is 0 Å². The monoisotopic (exact) mass is 279 g/mol. The van der Waals surface area contributed by atoms with Crippen LogP contribution in [-0.2, 0) is 13.6 Å². The highest BCUT2D eigenvalue weighted by Gasteiger charge is 2.11. The van der Waals surface area contributed by atoms with E-state index in [-0.39, 0.29) is 0 Å². The Balaban J connectivity index is 1.78. The molecule has 0 saturated heterocycles. The van der Waals surface area contributed by atoms with Gasteiger partial charge in [-0.15, -0.1) is 0 Å². The molecule has 7 nitrogen and oxygen atoms in total. The Morgan fingerprint density at radius 2 is 2.00 bits per heavy atom. The van der Waals surface area contributed by atoms with E-state index >= 15 is 0 Å². The molecular formula is C14H13N7. The van der Waals surface area contributed by atoms with Crippen molar-refractivity contribution in [2.75, 3.05) is 0 Å². The summed E-state index contributed by atoms with van der Waals surface area (Å²) in [5, 5.41) is 8.46. The Bertz CT molecular complexity index is 899. The minimum atomic E-state index is 0.668. The molecule has 0 fully saturated rings. The lowest BCUT2D eigenvalue weighted by Gasteiger charge is -2.09. The van der Waals surface area contributed by atoms with Crippen molar-refractivity contribution in [3.05, 3.63) is 54.9 Å². The smallest absolute Gasteiger partial charge is 0.158 e. The molecule has 4 rings (SSSR count). The van der Waals surface area contributed by atoms with Crippen LogP contribution in [0.3, 0.4) is 0 Å². The van der Waals surface area contributed by atoms with Gasteiger partial charge in [-0.3, -0.25) is 4.68 Å². The number of imidazole rings is 1. The van der Waals surface area contributed by atoms with Gasteiger partial charge in [0.05, 0.1) is 12.2 Å². The first-order valence-electron chi connectivity index (χ1n) is 6.60. The Morgan fingerprint density at radius 3 is 2.86 bits per heavy atom. The molecule has 21 heavy (non-hydrogen) atoms. The lowest BCUT2D eigenvalue weighted by atomic mass is 10.3. The summed E-state index contributed by atoms with van der Waals surface area (Å²) in [6, 6.07) is 7.91. The van der Waals surface area contributed by atoms with Gasteiger partial charge in [0, 0.05) is 25.6 Å². The van der Waals surface area contributed by atoms with Crippen molar-refractivity contribution in [2.45, 2.75) is 6.54 Å². The van der Waals surface area contributed by atoms with E-state index < -0.39 is 0 Å². The molecule has 0 N–H and O–H groups in total. The Kier molecular flexibility index (Phi) is 2.56. The highest BCUT2D eigenvalue weighted by molar-refractivity contribution is 5.50. The average molecular weight is 279 g/mol. The first kappa shape index (κ1) is 11.8. The molecule has 0 spiro atoms. The second-order valence-electron chi connectivity index (χ2n) is 4.77. The Hall–Kier alpha value is -2.96. The SMILES string of the molecule is Cn1nccc1-c1nccn1Cc1cccc2ncnn12. The fraction of sp³-hybridized carbons (Fsp3) is 0.143. The largest absolute Gasteiger partial charge is 0.324 e. The zero-order valence-corrected chi connectivity index (χ0v) is 11.5. The van der Waals surface area contributed by atoms with Gasteiger partial charge in [0.2, 0.25) is 0 Å². The van der Waals surface area contributed by atoms with Gasteiger partial charge in [-0.05, 0) is 18.2 Å². The van der Waals surface area contributed by atoms with Crippen LogP contribution in [0.15, 0.2) is 49.2 Å². The second-order valence-corrected chi connectivity index (χ2v) is 4.77. The summed E-state index contributed by atoms with van der Waals surface area (Å²) in [5.41, 5.74) is 2.87. The van der Waals surface area contributed by atoms with Gasteiger partial charge < -0.3 is 4.57 Å². The van der Waals surface area contributed by atoms with Crippen LogP contribution in [0.2, 0.25) is 0 Å². The third-order valence-electron chi connectivity index (χ3n) is 3.48. The molecule has 4 aromatic rings. The van der Waals surface area contributed by atoms with Crippen molar-refractivity contribution in [3.63, 3.8) is 0 Å². The normalized spacial score (nSPS) is 11.3. The minimum Gasteiger partial charge on any atom is -0.324 e. The van der Waals surface area contributed by atoms with E-state index in [1.807, 2.05) is 46.7 Å². The first-order valence-corrected chi connectivity index (χ1v) is 6.60. The maximum atomic E-state index is 4.44. The van der Waals surface area contributed by atoms with Crippen LogP contribution in [0.5, 0.6) is 0 Å². The van der Waals surface area contributed by atoms with Crippen molar-refractivity contribution in [1.29, 1.82) is 0 Å². The number of hydrogen-bond acceptors (Lipinski definition) is 4. The zero-order chi connectivity index (χ0) is 14.2.